The predicted molar refractivity (Wildman–Crippen MR) is 100 cm³/mol. The smallest absolute Gasteiger partial charge is 0.275 e. The van der Waals surface area contributed by atoms with E-state index in [1.807, 2.05) is 25.1 Å². The number of hydrogen-bond acceptors (Lipinski definition) is 7. The quantitative estimate of drug-likeness (QED) is 0.839. The molecule has 0 spiro atoms. The first-order chi connectivity index (χ1) is 12.0. The molecular weight excluding hydrogens is 358 g/mol. The van der Waals surface area contributed by atoms with Gasteiger partial charge in [0.2, 0.25) is 5.88 Å². The SMILES string of the molecule is COc1cnc(C(=O)Nc2cccc(C3(C)COCC(N)=N3)c2)cn1.Cl. The van der Waals surface area contributed by atoms with Crippen LogP contribution >= 0.6 is 12.4 Å². The van der Waals surface area contributed by atoms with Gasteiger partial charge in [0.25, 0.3) is 5.91 Å². The second kappa shape index (κ2) is 8.11. The predicted octanol–water partition coefficient (Wildman–Crippen LogP) is 1.76. The summed E-state index contributed by atoms with van der Waals surface area (Å²) in [5.74, 6) is 0.441. The number of nitrogens with one attached hydrogen (secondary N) is 1. The van der Waals surface area contributed by atoms with Crippen molar-refractivity contribution in [3.63, 3.8) is 0 Å². The zero-order valence-electron chi connectivity index (χ0n) is 14.4. The van der Waals surface area contributed by atoms with E-state index in [1.165, 1.54) is 19.5 Å². The van der Waals surface area contributed by atoms with Crippen LogP contribution in [0.3, 0.4) is 0 Å². The molecule has 0 bridgehead atoms. The number of rotatable bonds is 4. The Morgan fingerprint density at radius 2 is 2.15 bits per heavy atom. The lowest BCUT2D eigenvalue weighted by atomic mass is 9.92. The van der Waals surface area contributed by atoms with Gasteiger partial charge < -0.3 is 20.5 Å². The summed E-state index contributed by atoms with van der Waals surface area (Å²) in [7, 11) is 1.49. The number of amides is 1. The maximum atomic E-state index is 12.3. The Labute approximate surface area is 157 Å². The Kier molecular flexibility index (Phi) is 6.12. The van der Waals surface area contributed by atoms with Crippen LogP contribution in [0.1, 0.15) is 23.0 Å². The third-order valence-corrected chi connectivity index (χ3v) is 3.84. The fourth-order valence-electron chi connectivity index (χ4n) is 2.55. The van der Waals surface area contributed by atoms with Crippen molar-refractivity contribution >= 4 is 29.8 Å². The van der Waals surface area contributed by atoms with Gasteiger partial charge in [-0.2, -0.15) is 0 Å². The number of carbonyl (C=O) groups is 1. The van der Waals surface area contributed by atoms with Crippen LogP contribution in [0.5, 0.6) is 5.88 Å². The molecule has 1 aliphatic heterocycles. The van der Waals surface area contributed by atoms with Gasteiger partial charge in [0, 0.05) is 5.69 Å². The molecule has 0 saturated carbocycles. The highest BCUT2D eigenvalue weighted by Crippen LogP contribution is 2.30. The first-order valence-electron chi connectivity index (χ1n) is 7.70. The second-order valence-electron chi connectivity index (χ2n) is 5.85. The lowest BCUT2D eigenvalue weighted by Crippen LogP contribution is -2.37. The summed E-state index contributed by atoms with van der Waals surface area (Å²) in [6.45, 7) is 2.70. The van der Waals surface area contributed by atoms with E-state index in [0.29, 0.717) is 30.6 Å². The largest absolute Gasteiger partial charge is 0.480 e. The topological polar surface area (TPSA) is 112 Å². The van der Waals surface area contributed by atoms with Gasteiger partial charge in [-0.25, -0.2) is 9.97 Å². The third-order valence-electron chi connectivity index (χ3n) is 3.84. The first-order valence-corrected chi connectivity index (χ1v) is 7.70. The fourth-order valence-corrected chi connectivity index (χ4v) is 2.55. The number of anilines is 1. The molecule has 138 valence electrons. The van der Waals surface area contributed by atoms with E-state index < -0.39 is 5.54 Å². The van der Waals surface area contributed by atoms with Crippen molar-refractivity contribution in [1.82, 2.24) is 9.97 Å². The average Bonchev–Trinajstić information content (AvgIpc) is 2.62. The standard InChI is InChI=1S/C17H19N5O3.ClH/c1-17(10-25-9-14(18)22-17)11-4-3-5-12(6-11)21-16(23)13-7-20-15(24-2)8-19-13;/h3-8H,9-10H2,1-2H3,(H2,18,22)(H,21,23);1H. The van der Waals surface area contributed by atoms with Crippen LogP contribution in [0.4, 0.5) is 5.69 Å². The number of nitrogens with two attached hydrogens (primary N) is 1. The molecule has 3 N–H and O–H groups in total. The summed E-state index contributed by atoms with van der Waals surface area (Å²) in [6, 6.07) is 7.41. The van der Waals surface area contributed by atoms with Gasteiger partial charge >= 0.3 is 0 Å². The highest BCUT2D eigenvalue weighted by molar-refractivity contribution is 6.02. The van der Waals surface area contributed by atoms with Crippen LogP contribution < -0.4 is 15.8 Å². The molecular formula is C17H20ClN5O3. The van der Waals surface area contributed by atoms with Crippen LogP contribution in [0.15, 0.2) is 41.7 Å². The fraction of sp³-hybridized carbons (Fsp3) is 0.294. The Morgan fingerprint density at radius 1 is 1.35 bits per heavy atom. The van der Waals surface area contributed by atoms with Crippen molar-refractivity contribution < 1.29 is 14.3 Å². The van der Waals surface area contributed by atoms with Crippen molar-refractivity contribution in [3.8, 4) is 5.88 Å². The van der Waals surface area contributed by atoms with E-state index in [2.05, 4.69) is 20.3 Å². The summed E-state index contributed by atoms with van der Waals surface area (Å²) in [4.78, 5) is 24.8. The number of nitrogens with zero attached hydrogens (tertiary/aromatic N) is 3. The number of hydrogen-bond donors (Lipinski definition) is 2. The molecule has 2 heterocycles. The van der Waals surface area contributed by atoms with Crippen LogP contribution in [-0.4, -0.2) is 42.0 Å². The maximum absolute atomic E-state index is 12.3. The van der Waals surface area contributed by atoms with E-state index in [-0.39, 0.29) is 24.0 Å². The molecule has 8 nitrogen and oxygen atoms in total. The Bertz CT molecular complexity index is 812. The minimum atomic E-state index is -0.580. The zero-order valence-corrected chi connectivity index (χ0v) is 15.2. The number of benzene rings is 1. The van der Waals surface area contributed by atoms with Gasteiger partial charge in [-0.3, -0.25) is 9.79 Å². The molecule has 1 aliphatic rings. The van der Waals surface area contributed by atoms with Crippen molar-refractivity contribution in [2.24, 2.45) is 10.7 Å². The third kappa shape index (κ3) is 4.27. The van der Waals surface area contributed by atoms with Crippen molar-refractivity contribution in [1.29, 1.82) is 0 Å². The molecule has 9 heteroatoms. The van der Waals surface area contributed by atoms with Gasteiger partial charge in [-0.15, -0.1) is 12.4 Å². The highest BCUT2D eigenvalue weighted by atomic mass is 35.5. The Hall–Kier alpha value is -2.71. The van der Waals surface area contributed by atoms with Crippen LogP contribution in [0, 0.1) is 0 Å². The minimum Gasteiger partial charge on any atom is -0.480 e. The zero-order chi connectivity index (χ0) is 17.9. The number of methoxy groups -OCH3 is 1. The molecule has 1 atom stereocenters. The monoisotopic (exact) mass is 377 g/mol. The van der Waals surface area contributed by atoms with E-state index in [1.54, 1.807) is 6.07 Å². The Morgan fingerprint density at radius 3 is 2.81 bits per heavy atom. The van der Waals surface area contributed by atoms with E-state index >= 15 is 0 Å². The van der Waals surface area contributed by atoms with Crippen LogP contribution in [0.25, 0.3) is 0 Å². The lowest BCUT2D eigenvalue weighted by molar-refractivity contribution is 0.102. The van der Waals surface area contributed by atoms with Crippen LogP contribution in [0.2, 0.25) is 0 Å². The molecule has 26 heavy (non-hydrogen) atoms. The summed E-state index contributed by atoms with van der Waals surface area (Å²) < 4.78 is 10.4. The maximum Gasteiger partial charge on any atom is 0.275 e. The summed E-state index contributed by atoms with van der Waals surface area (Å²) in [5.41, 5.74) is 6.93. The minimum absolute atomic E-state index is 0. The van der Waals surface area contributed by atoms with Crippen molar-refractivity contribution in [2.75, 3.05) is 25.6 Å². The summed E-state index contributed by atoms with van der Waals surface area (Å²) in [6.07, 6.45) is 2.75. The Balaban J connectivity index is 0.00000243. The molecule has 0 radical (unpaired) electrons. The molecule has 2 aromatic rings. The number of carbonyl (C=O) groups excluding carboxylic acids is 1. The van der Waals surface area contributed by atoms with E-state index in [4.69, 9.17) is 15.2 Å². The number of aliphatic imine (C=N–C) groups is 1. The van der Waals surface area contributed by atoms with Gasteiger partial charge in [0.1, 0.15) is 23.7 Å². The van der Waals surface area contributed by atoms with Gasteiger partial charge in [0.15, 0.2) is 0 Å². The molecule has 3 rings (SSSR count). The lowest BCUT2D eigenvalue weighted by Gasteiger charge is -2.30. The highest BCUT2D eigenvalue weighted by Gasteiger charge is 2.30. The first kappa shape index (κ1) is 19.6. The van der Waals surface area contributed by atoms with Gasteiger partial charge in [-0.05, 0) is 24.6 Å². The number of ether oxygens (including phenoxy) is 2. The molecule has 0 aliphatic carbocycles. The molecule has 1 amide bonds. The van der Waals surface area contributed by atoms with Crippen molar-refractivity contribution in [3.05, 3.63) is 47.9 Å². The second-order valence-corrected chi connectivity index (χ2v) is 5.85. The van der Waals surface area contributed by atoms with E-state index in [0.717, 1.165) is 5.56 Å². The molecule has 0 saturated heterocycles. The number of aromatic nitrogens is 2. The molecule has 1 aromatic heterocycles. The van der Waals surface area contributed by atoms with E-state index in [9.17, 15) is 4.79 Å². The van der Waals surface area contributed by atoms with Gasteiger partial charge in [-0.1, -0.05) is 12.1 Å². The molecule has 1 unspecified atom stereocenters. The average molecular weight is 378 g/mol. The summed E-state index contributed by atoms with van der Waals surface area (Å²) >= 11 is 0. The molecule has 1 aromatic carbocycles. The summed E-state index contributed by atoms with van der Waals surface area (Å²) in [5, 5.41) is 2.80. The van der Waals surface area contributed by atoms with Gasteiger partial charge in [0.05, 0.1) is 26.1 Å². The number of amidine groups is 1. The van der Waals surface area contributed by atoms with Crippen molar-refractivity contribution in [2.45, 2.75) is 12.5 Å². The normalized spacial score (nSPS) is 19.1. The van der Waals surface area contributed by atoms with Crippen LogP contribution in [-0.2, 0) is 10.3 Å². The number of halogens is 1. The molecule has 0 fully saturated rings.